The van der Waals surface area contributed by atoms with Gasteiger partial charge in [0, 0.05) is 21.1 Å². The highest BCUT2D eigenvalue weighted by atomic mass is 79.9. The van der Waals surface area contributed by atoms with E-state index >= 15 is 0 Å². The quantitative estimate of drug-likeness (QED) is 0.382. The SMILES string of the molecule is COc1cc(Cl)cc(C=Nn2c(=O)[nH]c3ccccc3c2=O)c1OCc1ccc(Br)cc1. The summed E-state index contributed by atoms with van der Waals surface area (Å²) in [7, 11) is 1.50. The maximum atomic E-state index is 12.7. The van der Waals surface area contributed by atoms with Gasteiger partial charge in [0.05, 0.1) is 24.2 Å². The van der Waals surface area contributed by atoms with E-state index < -0.39 is 11.2 Å². The van der Waals surface area contributed by atoms with E-state index in [9.17, 15) is 9.59 Å². The van der Waals surface area contributed by atoms with Crippen molar-refractivity contribution in [2.45, 2.75) is 6.61 Å². The highest BCUT2D eigenvalue weighted by Gasteiger charge is 2.13. The highest BCUT2D eigenvalue weighted by Crippen LogP contribution is 2.34. The van der Waals surface area contributed by atoms with Gasteiger partial charge in [0.15, 0.2) is 11.5 Å². The van der Waals surface area contributed by atoms with Crippen molar-refractivity contribution in [2.24, 2.45) is 5.10 Å². The van der Waals surface area contributed by atoms with Crippen LogP contribution in [0.4, 0.5) is 0 Å². The minimum absolute atomic E-state index is 0.266. The number of rotatable bonds is 6. The molecule has 4 rings (SSSR count). The summed E-state index contributed by atoms with van der Waals surface area (Å²) in [5.74, 6) is 0.782. The van der Waals surface area contributed by atoms with Gasteiger partial charge in [0.2, 0.25) is 0 Å². The first-order chi connectivity index (χ1) is 15.5. The number of hydrogen-bond donors (Lipinski definition) is 1. The summed E-state index contributed by atoms with van der Waals surface area (Å²) in [6, 6.07) is 17.6. The van der Waals surface area contributed by atoms with Crippen LogP contribution in [0, 0.1) is 0 Å². The number of nitrogens with one attached hydrogen (secondary N) is 1. The molecule has 32 heavy (non-hydrogen) atoms. The highest BCUT2D eigenvalue weighted by molar-refractivity contribution is 9.10. The Bertz CT molecular complexity index is 1430. The van der Waals surface area contributed by atoms with Crippen LogP contribution >= 0.6 is 27.5 Å². The molecule has 162 valence electrons. The summed E-state index contributed by atoms with van der Waals surface area (Å²) in [5, 5.41) is 4.84. The molecule has 7 nitrogen and oxygen atoms in total. The van der Waals surface area contributed by atoms with Gasteiger partial charge in [-0.1, -0.05) is 51.8 Å². The van der Waals surface area contributed by atoms with E-state index in [-0.39, 0.29) is 6.61 Å². The predicted octanol–water partition coefficient (Wildman–Crippen LogP) is 4.58. The molecule has 0 aliphatic carbocycles. The van der Waals surface area contributed by atoms with Crippen LogP contribution < -0.4 is 20.7 Å². The first-order valence-electron chi connectivity index (χ1n) is 9.49. The second-order valence-corrected chi connectivity index (χ2v) is 8.13. The summed E-state index contributed by atoms with van der Waals surface area (Å²) in [5.41, 5.74) is 0.640. The number of methoxy groups -OCH3 is 1. The van der Waals surface area contributed by atoms with E-state index in [1.54, 1.807) is 36.4 Å². The molecule has 1 heterocycles. The number of aromatic nitrogens is 2. The molecule has 0 fully saturated rings. The van der Waals surface area contributed by atoms with Gasteiger partial charge in [-0.3, -0.25) is 4.79 Å². The second kappa shape index (κ2) is 9.42. The monoisotopic (exact) mass is 513 g/mol. The zero-order chi connectivity index (χ0) is 22.7. The molecule has 3 aromatic carbocycles. The normalized spacial score (nSPS) is 11.2. The Morgan fingerprint density at radius 3 is 2.62 bits per heavy atom. The average Bonchev–Trinajstić information content (AvgIpc) is 2.79. The van der Waals surface area contributed by atoms with Crippen molar-refractivity contribution >= 4 is 44.6 Å². The topological polar surface area (TPSA) is 85.7 Å². The second-order valence-electron chi connectivity index (χ2n) is 6.78. The lowest BCUT2D eigenvalue weighted by molar-refractivity contribution is 0.284. The first kappa shape index (κ1) is 21.9. The maximum absolute atomic E-state index is 12.7. The standard InChI is InChI=1S/C23H17BrClN3O4/c1-31-20-11-17(25)10-15(21(20)32-13-14-6-8-16(24)9-7-14)12-26-28-22(29)18-4-2-3-5-19(18)27-23(28)30/h2-12H,13H2,1H3,(H,27,30). The molecule has 0 atom stereocenters. The Labute approximate surface area is 196 Å². The van der Waals surface area contributed by atoms with E-state index in [0.29, 0.717) is 33.0 Å². The number of fused-ring (bicyclic) bond motifs is 1. The van der Waals surface area contributed by atoms with Gasteiger partial charge in [0.25, 0.3) is 5.56 Å². The summed E-state index contributed by atoms with van der Waals surface area (Å²) in [4.78, 5) is 27.8. The van der Waals surface area contributed by atoms with Crippen molar-refractivity contribution in [2.75, 3.05) is 7.11 Å². The molecular formula is C23H17BrClN3O4. The molecule has 0 aliphatic heterocycles. The van der Waals surface area contributed by atoms with Crippen molar-refractivity contribution in [1.29, 1.82) is 0 Å². The minimum Gasteiger partial charge on any atom is -0.493 e. The number of aromatic amines is 1. The third-order valence-electron chi connectivity index (χ3n) is 4.66. The van der Waals surface area contributed by atoms with E-state index in [2.05, 4.69) is 26.0 Å². The predicted molar refractivity (Wildman–Crippen MR) is 128 cm³/mol. The maximum Gasteiger partial charge on any atom is 0.349 e. The van der Waals surface area contributed by atoms with Crippen LogP contribution in [0.5, 0.6) is 11.5 Å². The van der Waals surface area contributed by atoms with Crippen LogP contribution in [0.15, 0.2) is 79.8 Å². The molecule has 0 aliphatic rings. The summed E-state index contributed by atoms with van der Waals surface area (Å²) < 4.78 is 13.1. The molecule has 0 unspecified atom stereocenters. The zero-order valence-corrected chi connectivity index (χ0v) is 19.2. The van der Waals surface area contributed by atoms with Crippen LogP contribution in [0.2, 0.25) is 5.02 Å². The molecule has 0 bridgehead atoms. The molecule has 0 spiro atoms. The Hall–Kier alpha value is -3.36. The smallest absolute Gasteiger partial charge is 0.349 e. The van der Waals surface area contributed by atoms with Crippen LogP contribution in [0.1, 0.15) is 11.1 Å². The van der Waals surface area contributed by atoms with E-state index in [1.165, 1.54) is 13.3 Å². The summed E-state index contributed by atoms with van der Waals surface area (Å²) in [6.45, 7) is 0.266. The third kappa shape index (κ3) is 4.61. The van der Waals surface area contributed by atoms with E-state index in [1.807, 2.05) is 24.3 Å². The summed E-state index contributed by atoms with van der Waals surface area (Å²) >= 11 is 9.62. The van der Waals surface area contributed by atoms with E-state index in [4.69, 9.17) is 21.1 Å². The fourth-order valence-electron chi connectivity index (χ4n) is 3.10. The fraction of sp³-hybridized carbons (Fsp3) is 0.0870. The van der Waals surface area contributed by atoms with Crippen LogP contribution in [0.3, 0.4) is 0 Å². The lowest BCUT2D eigenvalue weighted by atomic mass is 10.2. The zero-order valence-electron chi connectivity index (χ0n) is 16.8. The van der Waals surface area contributed by atoms with Crippen LogP contribution in [0.25, 0.3) is 10.9 Å². The number of benzene rings is 3. The van der Waals surface area contributed by atoms with Gasteiger partial charge < -0.3 is 14.5 Å². The first-order valence-corrected chi connectivity index (χ1v) is 10.7. The lowest BCUT2D eigenvalue weighted by Crippen LogP contribution is -2.32. The van der Waals surface area contributed by atoms with Gasteiger partial charge in [-0.05, 0) is 35.9 Å². The van der Waals surface area contributed by atoms with Crippen molar-refractivity contribution in [3.63, 3.8) is 0 Å². The van der Waals surface area contributed by atoms with Gasteiger partial charge in [-0.2, -0.15) is 5.10 Å². The Balaban J connectivity index is 1.73. The number of ether oxygens (including phenoxy) is 2. The van der Waals surface area contributed by atoms with Gasteiger partial charge in [0.1, 0.15) is 6.61 Å². The Kier molecular flexibility index (Phi) is 6.43. The van der Waals surface area contributed by atoms with Gasteiger partial charge >= 0.3 is 5.69 Å². The van der Waals surface area contributed by atoms with Crippen molar-refractivity contribution in [3.8, 4) is 11.5 Å². The van der Waals surface area contributed by atoms with Crippen molar-refractivity contribution in [1.82, 2.24) is 9.66 Å². The number of nitrogens with zero attached hydrogens (tertiary/aromatic N) is 2. The van der Waals surface area contributed by atoms with Crippen LogP contribution in [-0.4, -0.2) is 23.0 Å². The minimum atomic E-state index is -0.656. The molecule has 9 heteroatoms. The molecule has 1 N–H and O–H groups in total. The Morgan fingerprint density at radius 1 is 1.12 bits per heavy atom. The fourth-order valence-corrected chi connectivity index (χ4v) is 3.59. The van der Waals surface area contributed by atoms with Crippen molar-refractivity contribution < 1.29 is 9.47 Å². The molecule has 0 saturated carbocycles. The van der Waals surface area contributed by atoms with Crippen LogP contribution in [-0.2, 0) is 6.61 Å². The van der Waals surface area contributed by atoms with Gasteiger partial charge in [-0.15, -0.1) is 4.68 Å². The molecule has 4 aromatic rings. The molecule has 0 radical (unpaired) electrons. The third-order valence-corrected chi connectivity index (χ3v) is 5.41. The number of para-hydroxylation sites is 1. The van der Waals surface area contributed by atoms with Crippen molar-refractivity contribution in [3.05, 3.63) is 102 Å². The number of hydrogen-bond acceptors (Lipinski definition) is 5. The molecule has 1 aromatic heterocycles. The number of halogens is 2. The summed E-state index contributed by atoms with van der Waals surface area (Å²) in [6.07, 6.45) is 1.34. The largest absolute Gasteiger partial charge is 0.493 e. The Morgan fingerprint density at radius 2 is 1.88 bits per heavy atom. The molecule has 0 amide bonds. The van der Waals surface area contributed by atoms with E-state index in [0.717, 1.165) is 14.7 Å². The lowest BCUT2D eigenvalue weighted by Gasteiger charge is -2.14. The van der Waals surface area contributed by atoms with Gasteiger partial charge in [-0.25, -0.2) is 4.79 Å². The average molecular weight is 515 g/mol. The number of H-pyrrole nitrogens is 1. The molecule has 0 saturated heterocycles. The molecular weight excluding hydrogens is 498 g/mol.